The molecule has 0 spiro atoms. The van der Waals surface area contributed by atoms with Gasteiger partial charge in [-0.25, -0.2) is 0 Å². The van der Waals surface area contributed by atoms with Crippen LogP contribution in [0.2, 0.25) is 13.6 Å². The highest BCUT2D eigenvalue weighted by molar-refractivity contribution is 6.73. The molecule has 0 atom stereocenters. The predicted octanol–water partition coefficient (Wildman–Crippen LogP) is 10.7. The molecule has 4 heteroatoms. The summed E-state index contributed by atoms with van der Waals surface area (Å²) in [5, 5.41) is 0. The molecule has 3 heterocycles. The van der Waals surface area contributed by atoms with Crippen LogP contribution >= 0.6 is 0 Å². The van der Waals surface area contributed by atoms with E-state index in [1.807, 2.05) is 27.7 Å². The largest absolute Gasteiger partial charge is 0.440 e. The maximum absolute atomic E-state index is 5.54. The molecule has 0 amide bonds. The van der Waals surface area contributed by atoms with E-state index in [9.17, 15) is 0 Å². The van der Waals surface area contributed by atoms with Gasteiger partial charge in [-0.2, -0.15) is 0 Å². The molecule has 0 saturated carbocycles. The molecule has 0 N–H and O–H groups in total. The summed E-state index contributed by atoms with van der Waals surface area (Å²) in [5.41, 5.74) is 12.0. The topological polar surface area (TPSA) is 20.3 Å². The lowest BCUT2D eigenvalue weighted by atomic mass is 9.49. The standard InChI is InChI=1S/C36H32BN3.2C2H6/c1-25-15-19-27(20-16-25)31-23-33(29-11-7-5-8-12-29)39-35(31)38-36-32(28-21-17-26(2)18-22-28)24-34(40(36)37(39,3)4)30-13-9-6-10-14-30;2*1-2/h5-24H,1-4H3;2*1-2H3. The fraction of sp³-hybridized carbons (Fsp3) is 0.200. The van der Waals surface area contributed by atoms with Crippen LogP contribution in [0.4, 0.5) is 5.82 Å². The SMILES string of the molecule is CC.CC.Cc1ccc(C2=CC(c3ccccc3)=[N+]3C2=Nc2c(-c4ccc(C)cc4)cc(-c4ccccc4)n2[B-]3(C)C)cc1. The molecule has 4 aromatic carbocycles. The Bertz CT molecular complexity index is 1840. The van der Waals surface area contributed by atoms with Crippen molar-refractivity contribution >= 4 is 29.4 Å². The number of nitrogens with zero attached hydrogens (tertiary/aromatic N) is 3. The molecule has 0 fully saturated rings. The van der Waals surface area contributed by atoms with Crippen molar-refractivity contribution in [3.8, 4) is 22.4 Å². The number of amidine groups is 1. The Morgan fingerprint density at radius 2 is 1.09 bits per heavy atom. The Morgan fingerprint density at radius 3 is 1.64 bits per heavy atom. The molecule has 3 nitrogen and oxygen atoms in total. The number of fused-ring (bicyclic) bond motifs is 2. The number of rotatable bonds is 4. The molecule has 2 aliphatic heterocycles. The smallest absolute Gasteiger partial charge is 0.289 e. The van der Waals surface area contributed by atoms with E-state index in [4.69, 9.17) is 4.99 Å². The van der Waals surface area contributed by atoms with E-state index in [0.717, 1.165) is 22.8 Å². The Kier molecular flexibility index (Phi) is 9.01. The first-order chi connectivity index (χ1) is 21.4. The molecule has 1 aromatic heterocycles. The molecule has 5 aromatic rings. The zero-order valence-electron chi connectivity index (χ0n) is 27.5. The van der Waals surface area contributed by atoms with Crippen molar-refractivity contribution in [1.82, 2.24) is 4.48 Å². The fourth-order valence-corrected chi connectivity index (χ4v) is 6.31. The van der Waals surface area contributed by atoms with Crippen molar-refractivity contribution < 1.29 is 4.49 Å². The van der Waals surface area contributed by atoms with Crippen LogP contribution in [-0.2, 0) is 0 Å². The van der Waals surface area contributed by atoms with Crippen LogP contribution in [0.25, 0.3) is 28.0 Å². The van der Waals surface area contributed by atoms with Gasteiger partial charge in [-0.15, -0.1) is 13.6 Å². The summed E-state index contributed by atoms with van der Waals surface area (Å²) in [6.45, 7) is 17.0. The number of hydrogen-bond donors (Lipinski definition) is 0. The van der Waals surface area contributed by atoms with Gasteiger partial charge in [0.25, 0.3) is 12.3 Å². The zero-order valence-corrected chi connectivity index (χ0v) is 27.5. The molecule has 0 aliphatic carbocycles. The quantitative estimate of drug-likeness (QED) is 0.189. The van der Waals surface area contributed by atoms with E-state index < -0.39 is 6.42 Å². The molecule has 0 radical (unpaired) electrons. The second kappa shape index (κ2) is 12.9. The van der Waals surface area contributed by atoms with Gasteiger partial charge in [0.15, 0.2) is 0 Å². The molecule has 0 saturated heterocycles. The van der Waals surface area contributed by atoms with Crippen LogP contribution < -0.4 is 0 Å². The second-order valence-corrected chi connectivity index (χ2v) is 11.6. The first kappa shape index (κ1) is 30.8. The van der Waals surface area contributed by atoms with Crippen molar-refractivity contribution in [1.29, 1.82) is 0 Å². The minimum atomic E-state index is -1.32. The molecule has 0 unspecified atom stereocenters. The summed E-state index contributed by atoms with van der Waals surface area (Å²) in [6.07, 6.45) is 1.02. The third kappa shape index (κ3) is 5.41. The summed E-state index contributed by atoms with van der Waals surface area (Å²) in [6, 6.07) is 41.4. The van der Waals surface area contributed by atoms with Gasteiger partial charge in [0.1, 0.15) is 0 Å². The molecule has 7 rings (SSSR count). The van der Waals surface area contributed by atoms with Crippen molar-refractivity contribution in [2.45, 2.75) is 55.2 Å². The normalized spacial score (nSPS) is 14.3. The Labute approximate surface area is 263 Å². The third-order valence-electron chi connectivity index (χ3n) is 8.36. The van der Waals surface area contributed by atoms with E-state index >= 15 is 0 Å². The Morgan fingerprint density at radius 1 is 0.591 bits per heavy atom. The summed E-state index contributed by atoms with van der Waals surface area (Å²) in [4.78, 5) is 5.54. The lowest BCUT2D eigenvalue weighted by molar-refractivity contribution is -0.258. The maximum Gasteiger partial charge on any atom is 0.289 e. The summed E-state index contributed by atoms with van der Waals surface area (Å²) < 4.78 is 4.98. The lowest BCUT2D eigenvalue weighted by Crippen LogP contribution is -2.54. The fourth-order valence-electron chi connectivity index (χ4n) is 6.31. The summed E-state index contributed by atoms with van der Waals surface area (Å²) in [5.74, 6) is 2.04. The highest BCUT2D eigenvalue weighted by Crippen LogP contribution is 2.45. The second-order valence-electron chi connectivity index (χ2n) is 11.6. The van der Waals surface area contributed by atoms with Crippen LogP contribution in [0.1, 0.15) is 49.9 Å². The van der Waals surface area contributed by atoms with Crippen molar-refractivity contribution in [2.24, 2.45) is 4.99 Å². The lowest BCUT2D eigenvalue weighted by Gasteiger charge is -2.39. The van der Waals surface area contributed by atoms with E-state index in [1.54, 1.807) is 0 Å². The highest BCUT2D eigenvalue weighted by atomic mass is 15.3. The number of allylic oxidation sites excluding steroid dienone is 1. The van der Waals surface area contributed by atoms with Gasteiger partial charge in [0.05, 0.1) is 11.3 Å². The highest BCUT2D eigenvalue weighted by Gasteiger charge is 2.45. The number of aromatic nitrogens is 1. The number of aliphatic imine (C=N–C) groups is 1. The van der Waals surface area contributed by atoms with E-state index in [-0.39, 0.29) is 0 Å². The van der Waals surface area contributed by atoms with Gasteiger partial charge in [-0.05, 0) is 47.7 Å². The Balaban J connectivity index is 0.000000924. The predicted molar refractivity (Wildman–Crippen MR) is 193 cm³/mol. The van der Waals surface area contributed by atoms with Crippen LogP contribution in [-0.4, -0.2) is 26.9 Å². The van der Waals surface area contributed by atoms with Crippen molar-refractivity contribution in [3.05, 3.63) is 144 Å². The zero-order chi connectivity index (χ0) is 31.4. The van der Waals surface area contributed by atoms with Gasteiger partial charge < -0.3 is 8.96 Å². The minimum absolute atomic E-state index is 1.02. The molecule has 2 aliphatic rings. The number of benzene rings is 4. The third-order valence-corrected chi connectivity index (χ3v) is 8.36. The Hall–Kier alpha value is -4.70. The minimum Gasteiger partial charge on any atom is -0.440 e. The molecule has 222 valence electrons. The molecular weight excluding hydrogens is 533 g/mol. The molecule has 44 heavy (non-hydrogen) atoms. The van der Waals surface area contributed by atoms with Gasteiger partial charge >= 0.3 is 0 Å². The van der Waals surface area contributed by atoms with Crippen LogP contribution in [0, 0.1) is 13.8 Å². The maximum atomic E-state index is 5.54. The number of aryl methyl sites for hydroxylation is 2. The van der Waals surface area contributed by atoms with Gasteiger partial charge in [0, 0.05) is 16.8 Å². The van der Waals surface area contributed by atoms with Gasteiger partial charge in [0.2, 0.25) is 5.82 Å². The van der Waals surface area contributed by atoms with Crippen LogP contribution in [0.15, 0.2) is 126 Å². The van der Waals surface area contributed by atoms with Crippen molar-refractivity contribution in [3.63, 3.8) is 0 Å². The van der Waals surface area contributed by atoms with Crippen LogP contribution in [0.5, 0.6) is 0 Å². The van der Waals surface area contributed by atoms with Gasteiger partial charge in [-0.1, -0.05) is 148 Å². The first-order valence-corrected chi connectivity index (χ1v) is 16.1. The summed E-state index contributed by atoms with van der Waals surface area (Å²) >= 11 is 0. The number of hydrogen-bond acceptors (Lipinski definition) is 1. The monoisotopic (exact) mass is 577 g/mol. The summed E-state index contributed by atoms with van der Waals surface area (Å²) in [7, 11) is 0. The van der Waals surface area contributed by atoms with Gasteiger partial charge in [-0.3, -0.25) is 0 Å². The average Bonchev–Trinajstić information content (AvgIpc) is 3.66. The average molecular weight is 578 g/mol. The van der Waals surface area contributed by atoms with E-state index in [0.29, 0.717) is 0 Å². The van der Waals surface area contributed by atoms with Crippen LogP contribution in [0.3, 0.4) is 0 Å². The molecule has 0 bridgehead atoms. The van der Waals surface area contributed by atoms with E-state index in [2.05, 4.69) is 158 Å². The molecular formula is C40H44BN3. The first-order valence-electron chi connectivity index (χ1n) is 16.1. The van der Waals surface area contributed by atoms with E-state index in [1.165, 1.54) is 44.8 Å². The van der Waals surface area contributed by atoms with Crippen molar-refractivity contribution in [2.75, 3.05) is 0 Å².